The molecule has 0 saturated carbocycles. The second kappa shape index (κ2) is 9.07. The van der Waals surface area contributed by atoms with Gasteiger partial charge in [0, 0.05) is 0 Å². The minimum absolute atomic E-state index is 0.0356. The van der Waals surface area contributed by atoms with Gasteiger partial charge in [-0.25, -0.2) is 8.42 Å². The van der Waals surface area contributed by atoms with Crippen molar-refractivity contribution in [1.82, 2.24) is 4.72 Å². The van der Waals surface area contributed by atoms with Crippen molar-refractivity contribution in [1.29, 1.82) is 0 Å². The average Bonchev–Trinajstić information content (AvgIpc) is 2.60. The van der Waals surface area contributed by atoms with Crippen LogP contribution in [0.3, 0.4) is 0 Å². The maximum atomic E-state index is 12.1. The molecule has 0 aliphatic rings. The maximum Gasteiger partial charge on any atom is 0.241 e. The summed E-state index contributed by atoms with van der Waals surface area (Å²) < 4.78 is 32.3. The summed E-state index contributed by atoms with van der Waals surface area (Å²) in [5, 5.41) is 0. The van der Waals surface area contributed by atoms with Crippen LogP contribution >= 0.6 is 0 Å². The normalized spacial score (nSPS) is 10.6. The van der Waals surface area contributed by atoms with E-state index >= 15 is 0 Å². The molecule has 1 N–H and O–H groups in total. The molecule has 0 saturated heterocycles. The van der Waals surface area contributed by atoms with Gasteiger partial charge in [-0.2, -0.15) is 4.72 Å². The lowest BCUT2D eigenvalue weighted by Gasteiger charge is -2.07. The summed E-state index contributed by atoms with van der Waals surface area (Å²) >= 11 is 0. The van der Waals surface area contributed by atoms with Crippen LogP contribution in [0.1, 0.15) is 11.1 Å². The van der Waals surface area contributed by atoms with E-state index in [2.05, 4.69) is 23.1 Å². The van der Waals surface area contributed by atoms with Crippen LogP contribution in [0.2, 0.25) is 0 Å². The van der Waals surface area contributed by atoms with E-state index in [1.165, 1.54) is 0 Å². The number of ether oxygens (including phenoxy) is 1. The number of allylic oxidation sites excluding steroid dienone is 1. The van der Waals surface area contributed by atoms with Crippen LogP contribution in [0.15, 0.2) is 66.1 Å². The first kappa shape index (κ1) is 18.8. The molecule has 130 valence electrons. The van der Waals surface area contributed by atoms with Gasteiger partial charge in [-0.3, -0.25) is 0 Å². The molecule has 0 aromatic heterocycles. The van der Waals surface area contributed by atoms with Gasteiger partial charge in [-0.15, -0.1) is 6.58 Å². The van der Waals surface area contributed by atoms with Gasteiger partial charge in [0.05, 0.1) is 11.4 Å². The third-order valence-electron chi connectivity index (χ3n) is 3.44. The van der Waals surface area contributed by atoms with E-state index in [-0.39, 0.29) is 18.0 Å². The largest absolute Gasteiger partial charge is 0.481 e. The van der Waals surface area contributed by atoms with Crippen LogP contribution in [-0.4, -0.2) is 21.6 Å². The van der Waals surface area contributed by atoms with Crippen molar-refractivity contribution in [2.45, 2.75) is 18.2 Å². The minimum atomic E-state index is -3.53. The van der Waals surface area contributed by atoms with Gasteiger partial charge in [-0.05, 0) is 37.1 Å². The molecule has 2 rings (SSSR count). The molecule has 0 aliphatic heterocycles. The molecule has 4 nitrogen and oxygen atoms in total. The van der Waals surface area contributed by atoms with Crippen LogP contribution in [0.5, 0.6) is 5.75 Å². The summed E-state index contributed by atoms with van der Waals surface area (Å²) in [5.74, 6) is 6.33. The standard InChI is InChI=1S/C20H21NO3S/c1-3-8-18-9-4-5-10-20(18)24-16-7-6-15-21-25(22,23)19-13-11-17(2)12-14-19/h3-5,9-14,21H,1,8,15-16H2,2H3. The molecular weight excluding hydrogens is 334 g/mol. The summed E-state index contributed by atoms with van der Waals surface area (Å²) in [7, 11) is -3.53. The van der Waals surface area contributed by atoms with E-state index in [9.17, 15) is 8.42 Å². The Bertz CT molecular complexity index is 875. The second-order valence-electron chi connectivity index (χ2n) is 5.38. The number of benzene rings is 2. The summed E-state index contributed by atoms with van der Waals surface area (Å²) in [6.45, 7) is 5.86. The Morgan fingerprint density at radius 2 is 1.84 bits per heavy atom. The van der Waals surface area contributed by atoms with Gasteiger partial charge < -0.3 is 4.74 Å². The molecule has 0 bridgehead atoms. The number of hydrogen-bond donors (Lipinski definition) is 1. The van der Waals surface area contributed by atoms with Crippen molar-refractivity contribution >= 4 is 10.0 Å². The summed E-state index contributed by atoms with van der Waals surface area (Å²) in [5.41, 5.74) is 2.05. The van der Waals surface area contributed by atoms with E-state index in [0.717, 1.165) is 23.3 Å². The summed E-state index contributed by atoms with van der Waals surface area (Å²) in [4.78, 5) is 0.231. The average molecular weight is 355 g/mol. The van der Waals surface area contributed by atoms with Crippen LogP contribution in [0, 0.1) is 18.8 Å². The number of hydrogen-bond acceptors (Lipinski definition) is 3. The first-order valence-electron chi connectivity index (χ1n) is 7.86. The lowest BCUT2D eigenvalue weighted by Crippen LogP contribution is -2.24. The van der Waals surface area contributed by atoms with E-state index in [0.29, 0.717) is 0 Å². The Balaban J connectivity index is 1.85. The number of sulfonamides is 1. The Kier molecular flexibility index (Phi) is 6.81. The third-order valence-corrected chi connectivity index (χ3v) is 4.86. The number of aryl methyl sites for hydroxylation is 1. The highest BCUT2D eigenvalue weighted by Crippen LogP contribution is 2.18. The fourth-order valence-corrected chi connectivity index (χ4v) is 3.05. The zero-order valence-corrected chi connectivity index (χ0v) is 15.0. The third kappa shape index (κ3) is 5.79. The van der Waals surface area contributed by atoms with Gasteiger partial charge in [-0.1, -0.05) is 53.8 Å². The predicted octanol–water partition coefficient (Wildman–Crippen LogP) is 3.08. The molecule has 0 radical (unpaired) electrons. The van der Waals surface area contributed by atoms with Gasteiger partial charge in [0.25, 0.3) is 0 Å². The molecule has 2 aromatic carbocycles. The lowest BCUT2D eigenvalue weighted by atomic mass is 10.1. The number of rotatable bonds is 7. The molecule has 0 amide bonds. The molecular formula is C20H21NO3S. The van der Waals surface area contributed by atoms with Gasteiger partial charge in [0.15, 0.2) is 0 Å². The Hall–Kier alpha value is -2.55. The number of para-hydroxylation sites is 1. The Morgan fingerprint density at radius 1 is 1.12 bits per heavy atom. The van der Waals surface area contributed by atoms with Crippen LogP contribution < -0.4 is 9.46 Å². The first-order valence-corrected chi connectivity index (χ1v) is 9.35. The maximum absolute atomic E-state index is 12.1. The second-order valence-corrected chi connectivity index (χ2v) is 7.15. The van der Waals surface area contributed by atoms with Crippen molar-refractivity contribution in [2.75, 3.05) is 13.2 Å². The number of nitrogens with one attached hydrogen (secondary N) is 1. The minimum Gasteiger partial charge on any atom is -0.481 e. The molecule has 0 fully saturated rings. The van der Waals surface area contributed by atoms with E-state index in [1.807, 2.05) is 37.3 Å². The van der Waals surface area contributed by atoms with Gasteiger partial charge in [0.1, 0.15) is 12.4 Å². The van der Waals surface area contributed by atoms with Gasteiger partial charge >= 0.3 is 0 Å². The molecule has 5 heteroatoms. The quantitative estimate of drug-likeness (QED) is 0.613. The molecule has 25 heavy (non-hydrogen) atoms. The first-order chi connectivity index (χ1) is 12.0. The summed E-state index contributed by atoms with van der Waals surface area (Å²) in [6, 6.07) is 14.3. The molecule has 0 spiro atoms. The topological polar surface area (TPSA) is 55.4 Å². The molecule has 0 unspecified atom stereocenters. The van der Waals surface area contributed by atoms with Crippen molar-refractivity contribution in [2.24, 2.45) is 0 Å². The highest BCUT2D eigenvalue weighted by atomic mass is 32.2. The zero-order chi connectivity index (χ0) is 18.1. The fourth-order valence-electron chi connectivity index (χ4n) is 2.13. The fraction of sp³-hybridized carbons (Fsp3) is 0.200. The van der Waals surface area contributed by atoms with Crippen molar-refractivity contribution in [3.05, 3.63) is 72.3 Å². The monoisotopic (exact) mass is 355 g/mol. The van der Waals surface area contributed by atoms with Crippen LogP contribution in [-0.2, 0) is 16.4 Å². The Labute approximate surface area is 149 Å². The lowest BCUT2D eigenvalue weighted by molar-refractivity contribution is 0.366. The Morgan fingerprint density at radius 3 is 2.56 bits per heavy atom. The highest BCUT2D eigenvalue weighted by Gasteiger charge is 2.11. The smallest absolute Gasteiger partial charge is 0.241 e. The molecule has 0 heterocycles. The van der Waals surface area contributed by atoms with Gasteiger partial charge in [0.2, 0.25) is 10.0 Å². The van der Waals surface area contributed by atoms with Crippen LogP contribution in [0.25, 0.3) is 0 Å². The highest BCUT2D eigenvalue weighted by molar-refractivity contribution is 7.89. The van der Waals surface area contributed by atoms with Crippen molar-refractivity contribution in [3.8, 4) is 17.6 Å². The van der Waals surface area contributed by atoms with E-state index < -0.39 is 10.0 Å². The predicted molar refractivity (Wildman–Crippen MR) is 100.0 cm³/mol. The SMILES string of the molecule is C=CCc1ccccc1OCC#CCNS(=O)(=O)c1ccc(C)cc1. The van der Waals surface area contributed by atoms with E-state index in [4.69, 9.17) is 4.74 Å². The molecule has 0 aliphatic carbocycles. The van der Waals surface area contributed by atoms with Crippen molar-refractivity contribution in [3.63, 3.8) is 0 Å². The van der Waals surface area contributed by atoms with E-state index in [1.54, 1.807) is 24.3 Å². The van der Waals surface area contributed by atoms with Crippen molar-refractivity contribution < 1.29 is 13.2 Å². The molecule has 0 atom stereocenters. The summed E-state index contributed by atoms with van der Waals surface area (Å²) in [6.07, 6.45) is 2.54. The zero-order valence-electron chi connectivity index (χ0n) is 14.2. The van der Waals surface area contributed by atoms with Crippen LogP contribution in [0.4, 0.5) is 0 Å². The molecule has 2 aromatic rings.